The number of nitrogens with zero attached hydrogens (tertiary/aromatic N) is 1. The van der Waals surface area contributed by atoms with Crippen molar-refractivity contribution < 1.29 is 19.1 Å². The highest BCUT2D eigenvalue weighted by Crippen LogP contribution is 2.36. The molecule has 0 unspecified atom stereocenters. The molecule has 2 fully saturated rings. The Kier molecular flexibility index (Phi) is 3.56. The van der Waals surface area contributed by atoms with Crippen molar-refractivity contribution in [2.24, 2.45) is 5.92 Å². The lowest BCUT2D eigenvalue weighted by atomic mass is 10.1. The molecule has 2 atom stereocenters. The highest BCUT2D eigenvalue weighted by molar-refractivity contribution is 6.31. The number of nitrogens with one attached hydrogen (secondary N) is 1. The molecule has 3 heterocycles. The topological polar surface area (TPSA) is 67.9 Å². The minimum absolute atomic E-state index is 0.0206. The van der Waals surface area contributed by atoms with Crippen LogP contribution in [-0.4, -0.2) is 49.1 Å². The molecule has 23 heavy (non-hydrogen) atoms. The first kappa shape index (κ1) is 14.6. The number of halogens is 1. The summed E-state index contributed by atoms with van der Waals surface area (Å²) in [6.45, 7) is 2.21. The molecule has 0 bridgehead atoms. The van der Waals surface area contributed by atoms with Gasteiger partial charge in [0.1, 0.15) is 13.2 Å². The number of benzene rings is 1. The van der Waals surface area contributed by atoms with Crippen LogP contribution in [0.15, 0.2) is 12.1 Å². The van der Waals surface area contributed by atoms with Crippen molar-refractivity contribution in [1.82, 2.24) is 10.2 Å². The van der Waals surface area contributed by atoms with Gasteiger partial charge >= 0.3 is 0 Å². The summed E-state index contributed by atoms with van der Waals surface area (Å²) in [4.78, 5) is 25.7. The predicted molar refractivity (Wildman–Crippen MR) is 82.8 cm³/mol. The van der Waals surface area contributed by atoms with Crippen LogP contribution in [0.4, 0.5) is 0 Å². The Morgan fingerprint density at radius 2 is 2.00 bits per heavy atom. The molecule has 4 rings (SSSR count). The molecule has 122 valence electrons. The third-order valence-electron chi connectivity index (χ3n) is 4.64. The van der Waals surface area contributed by atoms with Crippen LogP contribution in [0, 0.1) is 5.92 Å². The largest absolute Gasteiger partial charge is 0.486 e. The fraction of sp³-hybridized carbons (Fsp3) is 0.500. The van der Waals surface area contributed by atoms with Gasteiger partial charge in [-0.2, -0.15) is 0 Å². The summed E-state index contributed by atoms with van der Waals surface area (Å²) in [5.41, 5.74) is 0.738. The van der Waals surface area contributed by atoms with Gasteiger partial charge < -0.3 is 19.7 Å². The van der Waals surface area contributed by atoms with E-state index in [4.69, 9.17) is 21.1 Å². The highest BCUT2D eigenvalue weighted by Gasteiger charge is 2.41. The lowest BCUT2D eigenvalue weighted by Gasteiger charge is -2.21. The Bertz CT molecular complexity index is 662. The molecule has 0 aromatic heterocycles. The molecule has 0 radical (unpaired) electrons. The fourth-order valence-corrected chi connectivity index (χ4v) is 3.69. The predicted octanol–water partition coefficient (Wildman–Crippen LogP) is 1.00. The van der Waals surface area contributed by atoms with Crippen LogP contribution in [0.25, 0.3) is 0 Å². The lowest BCUT2D eigenvalue weighted by Crippen LogP contribution is -2.36. The second kappa shape index (κ2) is 5.60. The van der Waals surface area contributed by atoms with Crippen molar-refractivity contribution >= 4 is 23.4 Å². The van der Waals surface area contributed by atoms with Gasteiger partial charge in [-0.05, 0) is 11.6 Å². The van der Waals surface area contributed by atoms with Gasteiger partial charge in [0.15, 0.2) is 11.5 Å². The number of carbonyl (C=O) groups excluding carboxylic acids is 2. The fourth-order valence-electron chi connectivity index (χ4n) is 3.47. The molecule has 3 aliphatic heterocycles. The number of hydrogen-bond donors (Lipinski definition) is 1. The molecule has 2 amide bonds. The van der Waals surface area contributed by atoms with Crippen molar-refractivity contribution in [3.05, 3.63) is 22.7 Å². The summed E-state index contributed by atoms with van der Waals surface area (Å²) in [7, 11) is 0. The van der Waals surface area contributed by atoms with Gasteiger partial charge in [0.05, 0.1) is 12.5 Å². The van der Waals surface area contributed by atoms with Crippen LogP contribution in [-0.2, 0) is 16.0 Å². The number of ether oxygens (including phenoxy) is 2. The number of likely N-dealkylation sites (tertiary alicyclic amines) is 1. The summed E-state index contributed by atoms with van der Waals surface area (Å²) < 4.78 is 11.0. The second-order valence-electron chi connectivity index (χ2n) is 6.20. The van der Waals surface area contributed by atoms with E-state index in [2.05, 4.69) is 5.32 Å². The van der Waals surface area contributed by atoms with Gasteiger partial charge in [-0.1, -0.05) is 11.6 Å². The van der Waals surface area contributed by atoms with E-state index in [1.165, 1.54) is 0 Å². The monoisotopic (exact) mass is 336 g/mol. The first-order chi connectivity index (χ1) is 11.1. The SMILES string of the molecule is O=C1C[C@H]2CN(C(=O)Cc3cc4c(cc3Cl)OCCO4)C[C@H]2N1. The molecular formula is C16H17ClN2O4. The molecule has 6 nitrogen and oxygen atoms in total. The number of amides is 2. The van der Waals surface area contributed by atoms with Crippen LogP contribution in [0.2, 0.25) is 5.02 Å². The van der Waals surface area contributed by atoms with E-state index in [0.29, 0.717) is 49.2 Å². The quantitative estimate of drug-likeness (QED) is 0.875. The Labute approximate surface area is 138 Å². The smallest absolute Gasteiger partial charge is 0.227 e. The Hall–Kier alpha value is -1.95. The third kappa shape index (κ3) is 2.72. The van der Waals surface area contributed by atoms with Crippen LogP contribution < -0.4 is 14.8 Å². The van der Waals surface area contributed by atoms with E-state index in [9.17, 15) is 9.59 Å². The maximum absolute atomic E-state index is 12.5. The second-order valence-corrected chi connectivity index (χ2v) is 6.61. The summed E-state index contributed by atoms with van der Waals surface area (Å²) in [5.74, 6) is 1.60. The van der Waals surface area contributed by atoms with E-state index in [0.717, 1.165) is 5.56 Å². The molecule has 1 aromatic rings. The van der Waals surface area contributed by atoms with Crippen LogP contribution in [0.1, 0.15) is 12.0 Å². The van der Waals surface area contributed by atoms with Gasteiger partial charge in [-0.3, -0.25) is 9.59 Å². The molecule has 3 aliphatic rings. The Balaban J connectivity index is 1.46. The van der Waals surface area contributed by atoms with Gasteiger partial charge in [0.2, 0.25) is 11.8 Å². The number of fused-ring (bicyclic) bond motifs is 2. The number of rotatable bonds is 2. The zero-order valence-electron chi connectivity index (χ0n) is 12.5. The van der Waals surface area contributed by atoms with Crippen molar-refractivity contribution in [2.75, 3.05) is 26.3 Å². The van der Waals surface area contributed by atoms with Crippen molar-refractivity contribution in [2.45, 2.75) is 18.9 Å². The first-order valence-electron chi connectivity index (χ1n) is 7.75. The van der Waals surface area contributed by atoms with Gasteiger partial charge in [-0.15, -0.1) is 0 Å². The summed E-state index contributed by atoms with van der Waals surface area (Å²) in [6.07, 6.45) is 0.738. The Morgan fingerprint density at radius 3 is 2.74 bits per heavy atom. The molecule has 2 saturated heterocycles. The molecule has 0 spiro atoms. The van der Waals surface area contributed by atoms with Gasteiger partial charge in [-0.25, -0.2) is 0 Å². The van der Waals surface area contributed by atoms with E-state index >= 15 is 0 Å². The third-order valence-corrected chi connectivity index (χ3v) is 4.99. The van der Waals surface area contributed by atoms with Crippen LogP contribution in [0.5, 0.6) is 11.5 Å². The highest BCUT2D eigenvalue weighted by atomic mass is 35.5. The summed E-state index contributed by atoms with van der Waals surface area (Å²) in [5, 5.41) is 3.43. The van der Waals surface area contributed by atoms with Crippen molar-refractivity contribution in [3.8, 4) is 11.5 Å². The zero-order valence-corrected chi connectivity index (χ0v) is 13.3. The molecule has 0 aliphatic carbocycles. The minimum atomic E-state index is 0.0206. The van der Waals surface area contributed by atoms with Gasteiger partial charge in [0, 0.05) is 36.5 Å². The summed E-state index contributed by atoms with van der Waals surface area (Å²) >= 11 is 6.26. The first-order valence-corrected chi connectivity index (χ1v) is 8.13. The molecule has 1 N–H and O–H groups in total. The van der Waals surface area contributed by atoms with Crippen LogP contribution in [0.3, 0.4) is 0 Å². The van der Waals surface area contributed by atoms with Crippen molar-refractivity contribution in [1.29, 1.82) is 0 Å². The molecular weight excluding hydrogens is 320 g/mol. The Morgan fingerprint density at radius 1 is 1.26 bits per heavy atom. The normalized spacial score (nSPS) is 25.3. The lowest BCUT2D eigenvalue weighted by molar-refractivity contribution is -0.130. The molecule has 1 aromatic carbocycles. The maximum atomic E-state index is 12.5. The van der Waals surface area contributed by atoms with E-state index < -0.39 is 0 Å². The standard InChI is InChI=1S/C16H17ClN2O4/c17-11-6-14-13(22-1-2-23-14)3-9(11)5-16(21)19-7-10-4-15(20)18-12(10)8-19/h3,6,10,12H,1-2,4-5,7-8H2,(H,18,20)/t10-,12+/m0/s1. The van der Waals surface area contributed by atoms with Gasteiger partial charge in [0.25, 0.3) is 0 Å². The van der Waals surface area contributed by atoms with E-state index in [1.54, 1.807) is 12.1 Å². The van der Waals surface area contributed by atoms with E-state index in [1.807, 2.05) is 4.90 Å². The number of hydrogen-bond acceptors (Lipinski definition) is 4. The molecule has 7 heteroatoms. The average Bonchev–Trinajstić information content (AvgIpc) is 3.05. The summed E-state index contributed by atoms with van der Waals surface area (Å²) in [6, 6.07) is 3.59. The maximum Gasteiger partial charge on any atom is 0.227 e. The van der Waals surface area contributed by atoms with Crippen molar-refractivity contribution in [3.63, 3.8) is 0 Å². The average molecular weight is 337 g/mol. The van der Waals surface area contributed by atoms with Crippen LogP contribution >= 0.6 is 11.6 Å². The minimum Gasteiger partial charge on any atom is -0.486 e. The number of carbonyl (C=O) groups is 2. The zero-order chi connectivity index (χ0) is 16.0. The van der Waals surface area contributed by atoms with E-state index in [-0.39, 0.29) is 30.2 Å². The molecule has 0 saturated carbocycles.